The number of amides is 1. The fraction of sp³-hybridized carbons (Fsp3) is 0.200. The van der Waals surface area contributed by atoms with Crippen molar-refractivity contribution < 1.29 is 14.3 Å². The lowest BCUT2D eigenvalue weighted by Gasteiger charge is -2.09. The molecular weight excluding hydrogens is 362 g/mol. The molecule has 0 unspecified atom stereocenters. The van der Waals surface area contributed by atoms with Gasteiger partial charge in [0, 0.05) is 36.4 Å². The molecule has 3 aromatic rings. The Bertz CT molecular complexity index is 876. The number of hydrogen-bond acceptors (Lipinski definition) is 5. The van der Waals surface area contributed by atoms with Crippen molar-refractivity contribution >= 4 is 23.4 Å². The predicted molar refractivity (Wildman–Crippen MR) is 107 cm³/mol. The number of carbonyl (C=O) groups excluding carboxylic acids is 1. The highest BCUT2D eigenvalue weighted by molar-refractivity contribution is 7.98. The van der Waals surface area contributed by atoms with Gasteiger partial charge >= 0.3 is 0 Å². The molecule has 7 heteroatoms. The number of nitrogens with one attached hydrogen (secondary N) is 1. The summed E-state index contributed by atoms with van der Waals surface area (Å²) in [6, 6.07) is 14.7. The second-order valence-electron chi connectivity index (χ2n) is 5.65. The van der Waals surface area contributed by atoms with Gasteiger partial charge in [-0.05, 0) is 54.8 Å². The lowest BCUT2D eigenvalue weighted by Crippen LogP contribution is -2.12. The Morgan fingerprint density at radius 3 is 2.52 bits per heavy atom. The summed E-state index contributed by atoms with van der Waals surface area (Å²) in [4.78, 5) is 16.7. The Hall–Kier alpha value is -2.77. The maximum Gasteiger partial charge on any atom is 0.255 e. The van der Waals surface area contributed by atoms with E-state index in [9.17, 15) is 4.79 Å². The number of hydrogen-bond donors (Lipinski definition) is 1. The first-order valence-corrected chi connectivity index (χ1v) is 9.64. The molecular formula is C20H21N3O3S. The number of aromatic nitrogens is 2. The quantitative estimate of drug-likeness (QED) is 0.472. The molecule has 0 saturated heterocycles. The lowest BCUT2D eigenvalue weighted by molar-refractivity contribution is 0.102. The normalized spacial score (nSPS) is 10.6. The van der Waals surface area contributed by atoms with Crippen molar-refractivity contribution in [2.75, 3.05) is 31.9 Å². The third-order valence-corrected chi connectivity index (χ3v) is 4.53. The number of thioether (sulfide) groups is 1. The average molecular weight is 383 g/mol. The van der Waals surface area contributed by atoms with Crippen molar-refractivity contribution in [3.63, 3.8) is 0 Å². The van der Waals surface area contributed by atoms with Gasteiger partial charge in [0.15, 0.2) is 5.16 Å². The van der Waals surface area contributed by atoms with Crippen LogP contribution in [0.5, 0.6) is 5.75 Å². The van der Waals surface area contributed by atoms with E-state index >= 15 is 0 Å². The van der Waals surface area contributed by atoms with E-state index in [0.717, 1.165) is 16.6 Å². The average Bonchev–Trinajstić information content (AvgIpc) is 3.18. The predicted octanol–water partition coefficient (Wildman–Crippen LogP) is 3.87. The van der Waals surface area contributed by atoms with Gasteiger partial charge in [-0.3, -0.25) is 9.36 Å². The van der Waals surface area contributed by atoms with E-state index in [1.165, 1.54) is 0 Å². The first kappa shape index (κ1) is 19.0. The molecule has 0 spiro atoms. The molecule has 0 radical (unpaired) electrons. The summed E-state index contributed by atoms with van der Waals surface area (Å²) in [6.45, 7) is 1.02. The molecule has 1 aromatic heterocycles. The topological polar surface area (TPSA) is 65.4 Å². The van der Waals surface area contributed by atoms with Crippen LogP contribution in [0.3, 0.4) is 0 Å². The monoisotopic (exact) mass is 383 g/mol. The molecule has 0 atom stereocenters. The summed E-state index contributed by atoms with van der Waals surface area (Å²) in [5.74, 6) is 0.574. The van der Waals surface area contributed by atoms with Crippen molar-refractivity contribution in [2.45, 2.75) is 5.16 Å². The number of anilines is 1. The van der Waals surface area contributed by atoms with E-state index in [0.29, 0.717) is 24.5 Å². The molecule has 0 aliphatic rings. The summed E-state index contributed by atoms with van der Waals surface area (Å²) in [5.41, 5.74) is 2.26. The van der Waals surface area contributed by atoms with Crippen LogP contribution in [0.25, 0.3) is 5.69 Å². The van der Waals surface area contributed by atoms with Crippen molar-refractivity contribution in [1.82, 2.24) is 9.55 Å². The molecule has 6 nitrogen and oxygen atoms in total. The lowest BCUT2D eigenvalue weighted by atomic mass is 10.2. The van der Waals surface area contributed by atoms with Crippen molar-refractivity contribution in [3.05, 3.63) is 66.5 Å². The summed E-state index contributed by atoms with van der Waals surface area (Å²) in [5, 5.41) is 3.79. The molecule has 1 heterocycles. The zero-order chi connectivity index (χ0) is 19.1. The Balaban J connectivity index is 1.62. The number of benzene rings is 2. The van der Waals surface area contributed by atoms with Gasteiger partial charge in [-0.25, -0.2) is 4.98 Å². The van der Waals surface area contributed by atoms with Gasteiger partial charge < -0.3 is 14.8 Å². The Morgan fingerprint density at radius 1 is 1.11 bits per heavy atom. The van der Waals surface area contributed by atoms with E-state index in [4.69, 9.17) is 9.47 Å². The van der Waals surface area contributed by atoms with E-state index < -0.39 is 0 Å². The zero-order valence-electron chi connectivity index (χ0n) is 15.2. The number of rotatable bonds is 8. The molecule has 2 aromatic carbocycles. The fourth-order valence-corrected chi connectivity index (χ4v) is 3.02. The second-order valence-corrected chi connectivity index (χ2v) is 6.42. The zero-order valence-corrected chi connectivity index (χ0v) is 16.0. The van der Waals surface area contributed by atoms with E-state index in [-0.39, 0.29) is 5.91 Å². The SMILES string of the molecule is COCCOc1ccc(NC(=O)c2ccc(-n3ccnc3SC)cc2)cc1. The van der Waals surface area contributed by atoms with Gasteiger partial charge in [0.05, 0.1) is 6.61 Å². The van der Waals surface area contributed by atoms with Crippen LogP contribution in [0.4, 0.5) is 5.69 Å². The second kappa shape index (κ2) is 9.25. The van der Waals surface area contributed by atoms with Crippen molar-refractivity contribution in [3.8, 4) is 11.4 Å². The standard InChI is InChI=1S/C20H21N3O3S/c1-25-13-14-26-18-9-5-16(6-10-18)22-19(24)15-3-7-17(8-4-15)23-12-11-21-20(23)27-2/h3-12H,13-14H2,1-2H3,(H,22,24). The van der Waals surface area contributed by atoms with Crippen LogP contribution in [-0.2, 0) is 4.74 Å². The van der Waals surface area contributed by atoms with Gasteiger partial charge in [-0.2, -0.15) is 0 Å². The largest absolute Gasteiger partial charge is 0.491 e. The summed E-state index contributed by atoms with van der Waals surface area (Å²) in [6.07, 6.45) is 5.64. The smallest absolute Gasteiger partial charge is 0.255 e. The first-order valence-electron chi connectivity index (χ1n) is 8.42. The number of methoxy groups -OCH3 is 1. The summed E-state index contributed by atoms with van der Waals surface area (Å²) >= 11 is 1.57. The summed E-state index contributed by atoms with van der Waals surface area (Å²) < 4.78 is 12.4. The molecule has 0 aliphatic heterocycles. The van der Waals surface area contributed by atoms with Crippen LogP contribution in [0.15, 0.2) is 66.1 Å². The Morgan fingerprint density at radius 2 is 1.85 bits per heavy atom. The van der Waals surface area contributed by atoms with Crippen molar-refractivity contribution in [1.29, 1.82) is 0 Å². The molecule has 0 bridgehead atoms. The Labute approximate surface area is 162 Å². The van der Waals surface area contributed by atoms with Crippen LogP contribution in [0, 0.1) is 0 Å². The van der Waals surface area contributed by atoms with Gasteiger partial charge in [-0.1, -0.05) is 11.8 Å². The van der Waals surface area contributed by atoms with Crippen LogP contribution in [-0.4, -0.2) is 42.0 Å². The van der Waals surface area contributed by atoms with Gasteiger partial charge in [0.25, 0.3) is 5.91 Å². The maximum absolute atomic E-state index is 12.4. The van der Waals surface area contributed by atoms with Crippen LogP contribution >= 0.6 is 11.8 Å². The van der Waals surface area contributed by atoms with Gasteiger partial charge in [0.1, 0.15) is 12.4 Å². The minimum absolute atomic E-state index is 0.162. The van der Waals surface area contributed by atoms with Crippen LogP contribution in [0.2, 0.25) is 0 Å². The first-order chi connectivity index (χ1) is 13.2. The number of ether oxygens (including phenoxy) is 2. The maximum atomic E-state index is 12.4. The highest BCUT2D eigenvalue weighted by Gasteiger charge is 2.08. The Kier molecular flexibility index (Phi) is 6.51. The molecule has 27 heavy (non-hydrogen) atoms. The molecule has 0 fully saturated rings. The number of imidazole rings is 1. The molecule has 140 valence electrons. The van der Waals surface area contributed by atoms with E-state index in [2.05, 4.69) is 10.3 Å². The van der Waals surface area contributed by atoms with Crippen LogP contribution in [0.1, 0.15) is 10.4 Å². The molecule has 0 saturated carbocycles. The molecule has 3 rings (SSSR count). The number of nitrogens with zero attached hydrogens (tertiary/aromatic N) is 2. The summed E-state index contributed by atoms with van der Waals surface area (Å²) in [7, 11) is 1.63. The van der Waals surface area contributed by atoms with E-state index in [1.54, 1.807) is 37.2 Å². The third-order valence-electron chi connectivity index (χ3n) is 3.87. The van der Waals surface area contributed by atoms with Crippen molar-refractivity contribution in [2.24, 2.45) is 0 Å². The van der Waals surface area contributed by atoms with Gasteiger partial charge in [0.2, 0.25) is 0 Å². The van der Waals surface area contributed by atoms with E-state index in [1.807, 2.05) is 53.4 Å². The molecule has 1 N–H and O–H groups in total. The number of carbonyl (C=O) groups is 1. The minimum atomic E-state index is -0.162. The highest BCUT2D eigenvalue weighted by Crippen LogP contribution is 2.20. The molecule has 0 aliphatic carbocycles. The van der Waals surface area contributed by atoms with Crippen LogP contribution < -0.4 is 10.1 Å². The minimum Gasteiger partial charge on any atom is -0.491 e. The fourth-order valence-electron chi connectivity index (χ4n) is 2.49. The highest BCUT2D eigenvalue weighted by atomic mass is 32.2. The van der Waals surface area contributed by atoms with Gasteiger partial charge in [-0.15, -0.1) is 0 Å². The third kappa shape index (κ3) is 4.90. The molecule has 1 amide bonds.